The summed E-state index contributed by atoms with van der Waals surface area (Å²) in [6.45, 7) is 5.31. The van der Waals surface area contributed by atoms with Crippen molar-refractivity contribution in [3.63, 3.8) is 0 Å². The zero-order valence-corrected chi connectivity index (χ0v) is 15.6. The fourth-order valence-electron chi connectivity index (χ4n) is 6.13. The van der Waals surface area contributed by atoms with E-state index in [1.165, 1.54) is 11.1 Å². The summed E-state index contributed by atoms with van der Waals surface area (Å²) in [5, 5.41) is 20.6. The highest BCUT2D eigenvalue weighted by molar-refractivity contribution is 5.41. The lowest BCUT2D eigenvalue weighted by molar-refractivity contribution is -0.105. The van der Waals surface area contributed by atoms with Crippen LogP contribution in [0, 0.1) is 17.3 Å². The van der Waals surface area contributed by atoms with E-state index in [1.54, 1.807) is 0 Å². The molecule has 3 aliphatic carbocycles. The van der Waals surface area contributed by atoms with Crippen molar-refractivity contribution >= 4 is 0 Å². The number of aryl methyl sites for hydroxylation is 1. The number of benzene rings is 1. The van der Waals surface area contributed by atoms with Crippen molar-refractivity contribution in [2.24, 2.45) is 17.3 Å². The molecule has 1 aromatic carbocycles. The van der Waals surface area contributed by atoms with Crippen LogP contribution in [0.15, 0.2) is 18.2 Å². The zero-order chi connectivity index (χ0) is 17.6. The van der Waals surface area contributed by atoms with E-state index in [0.29, 0.717) is 23.5 Å². The number of hydrogen-bond acceptors (Lipinski definition) is 3. The summed E-state index contributed by atoms with van der Waals surface area (Å²) in [5.41, 5.74) is 2.69. The van der Waals surface area contributed by atoms with Gasteiger partial charge in [0.15, 0.2) is 0 Å². The molecule has 3 aliphatic rings. The highest BCUT2D eigenvalue weighted by Crippen LogP contribution is 2.61. The highest BCUT2D eigenvalue weighted by atomic mass is 16.5. The summed E-state index contributed by atoms with van der Waals surface area (Å²) < 4.78 is 6.43. The van der Waals surface area contributed by atoms with Crippen LogP contribution < -0.4 is 0 Å². The molecular weight excluding hydrogens is 312 g/mol. The highest BCUT2D eigenvalue weighted by Gasteiger charge is 2.57. The smallest absolute Gasteiger partial charge is 0.115 e. The number of aliphatic hydroxyl groups is 1. The first-order chi connectivity index (χ1) is 12.0. The minimum atomic E-state index is -0.183. The van der Waals surface area contributed by atoms with Crippen LogP contribution in [0.25, 0.3) is 0 Å². The first kappa shape index (κ1) is 17.4. The molecular formula is C22H32O3. The number of aromatic hydroxyl groups is 1. The molecule has 1 aromatic rings. The van der Waals surface area contributed by atoms with Gasteiger partial charge < -0.3 is 14.9 Å². The number of aliphatic hydroxyl groups excluding tert-OH is 1. The summed E-state index contributed by atoms with van der Waals surface area (Å²) >= 11 is 0. The number of ether oxygens (including phenoxy) is 1. The predicted octanol–water partition coefficient (Wildman–Crippen LogP) is 4.40. The maximum absolute atomic E-state index is 10.7. The van der Waals surface area contributed by atoms with E-state index in [4.69, 9.17) is 4.74 Å². The lowest BCUT2D eigenvalue weighted by atomic mass is 9.54. The number of hydrogen-bond donors (Lipinski definition) is 2. The SMILES string of the molecule is CCCCO[C@H]1C[C@]2(C)[C@@H](O)CC[C@H]2[C@@H]2CCc3cc(O)ccc3[C@H]21. The Hall–Kier alpha value is -1.06. The van der Waals surface area contributed by atoms with E-state index in [9.17, 15) is 10.2 Å². The molecule has 2 N–H and O–H groups in total. The molecule has 25 heavy (non-hydrogen) atoms. The van der Waals surface area contributed by atoms with Crippen LogP contribution in [0.3, 0.4) is 0 Å². The lowest BCUT2D eigenvalue weighted by Gasteiger charge is -2.53. The molecule has 2 fully saturated rings. The summed E-state index contributed by atoms with van der Waals surface area (Å²) in [6, 6.07) is 5.92. The molecule has 0 saturated heterocycles. The number of fused-ring (bicyclic) bond motifs is 5. The van der Waals surface area contributed by atoms with Crippen LogP contribution in [-0.4, -0.2) is 29.0 Å². The van der Waals surface area contributed by atoms with Crippen LogP contribution in [-0.2, 0) is 11.2 Å². The van der Waals surface area contributed by atoms with Gasteiger partial charge in [-0.3, -0.25) is 0 Å². The number of rotatable bonds is 4. The van der Waals surface area contributed by atoms with E-state index in [1.807, 2.05) is 12.1 Å². The largest absolute Gasteiger partial charge is 0.508 e. The van der Waals surface area contributed by atoms with Gasteiger partial charge in [0.05, 0.1) is 12.2 Å². The van der Waals surface area contributed by atoms with Crippen LogP contribution in [0.1, 0.15) is 69.4 Å². The van der Waals surface area contributed by atoms with Gasteiger partial charge in [0.1, 0.15) is 5.75 Å². The third kappa shape index (κ3) is 2.80. The second kappa shape index (κ2) is 6.59. The Morgan fingerprint density at radius 1 is 1.24 bits per heavy atom. The van der Waals surface area contributed by atoms with Crippen molar-refractivity contribution in [2.45, 2.75) is 76.9 Å². The average Bonchev–Trinajstić information content (AvgIpc) is 2.89. The number of phenols is 1. The van der Waals surface area contributed by atoms with E-state index >= 15 is 0 Å². The van der Waals surface area contributed by atoms with Crippen LogP contribution in [0.2, 0.25) is 0 Å². The van der Waals surface area contributed by atoms with Crippen molar-refractivity contribution < 1.29 is 14.9 Å². The molecule has 0 radical (unpaired) electrons. The molecule has 6 atom stereocenters. The minimum absolute atomic E-state index is 0.00642. The molecule has 4 rings (SSSR count). The second-order valence-corrected chi connectivity index (χ2v) is 8.78. The summed E-state index contributed by atoms with van der Waals surface area (Å²) in [7, 11) is 0. The Morgan fingerprint density at radius 3 is 2.88 bits per heavy atom. The van der Waals surface area contributed by atoms with Gasteiger partial charge in [-0.25, -0.2) is 0 Å². The van der Waals surface area contributed by atoms with E-state index in [0.717, 1.165) is 51.6 Å². The Kier molecular flexibility index (Phi) is 4.57. The Balaban J connectivity index is 1.70. The molecule has 3 heteroatoms. The van der Waals surface area contributed by atoms with Crippen molar-refractivity contribution in [3.8, 4) is 5.75 Å². The minimum Gasteiger partial charge on any atom is -0.508 e. The van der Waals surface area contributed by atoms with Gasteiger partial charge in [0.25, 0.3) is 0 Å². The molecule has 0 amide bonds. The molecule has 3 nitrogen and oxygen atoms in total. The van der Waals surface area contributed by atoms with E-state index in [-0.39, 0.29) is 17.6 Å². The molecule has 0 aromatic heterocycles. The third-order valence-corrected chi connectivity index (χ3v) is 7.44. The van der Waals surface area contributed by atoms with Gasteiger partial charge in [-0.05, 0) is 79.0 Å². The van der Waals surface area contributed by atoms with E-state index < -0.39 is 0 Å². The number of phenolic OH excluding ortho intramolecular Hbond substituents is 1. The third-order valence-electron chi connectivity index (χ3n) is 7.44. The Morgan fingerprint density at radius 2 is 2.08 bits per heavy atom. The fraction of sp³-hybridized carbons (Fsp3) is 0.727. The number of unbranched alkanes of at least 4 members (excludes halogenated alkanes) is 1. The van der Waals surface area contributed by atoms with Gasteiger partial charge in [-0.15, -0.1) is 0 Å². The first-order valence-electron chi connectivity index (χ1n) is 10.2. The predicted molar refractivity (Wildman–Crippen MR) is 98.8 cm³/mol. The van der Waals surface area contributed by atoms with Gasteiger partial charge in [-0.2, -0.15) is 0 Å². The molecule has 0 heterocycles. The topological polar surface area (TPSA) is 49.7 Å². The normalized spacial score (nSPS) is 39.6. The van der Waals surface area contributed by atoms with Gasteiger partial charge >= 0.3 is 0 Å². The van der Waals surface area contributed by atoms with Gasteiger partial charge in [0, 0.05) is 12.5 Å². The Bertz CT molecular complexity index is 628. The lowest BCUT2D eigenvalue weighted by Crippen LogP contribution is -2.50. The van der Waals surface area contributed by atoms with Crippen molar-refractivity contribution in [1.29, 1.82) is 0 Å². The molecule has 0 spiro atoms. The molecule has 138 valence electrons. The van der Waals surface area contributed by atoms with Gasteiger partial charge in [-0.1, -0.05) is 26.3 Å². The van der Waals surface area contributed by atoms with Crippen LogP contribution in [0.5, 0.6) is 5.75 Å². The monoisotopic (exact) mass is 344 g/mol. The standard InChI is InChI=1S/C22H32O3/c1-3-4-11-25-19-13-22(2)18(9-10-20(22)24)17-7-5-14-12-15(23)6-8-16(14)21(17)19/h6,8,12,17-21,23-24H,3-5,7,9-11,13H2,1-2H3/t17-,18-,19-,20-,21+,22-/m0/s1. The fourth-order valence-corrected chi connectivity index (χ4v) is 6.13. The van der Waals surface area contributed by atoms with E-state index in [2.05, 4.69) is 19.9 Å². The quantitative estimate of drug-likeness (QED) is 0.796. The second-order valence-electron chi connectivity index (χ2n) is 8.78. The summed E-state index contributed by atoms with van der Waals surface area (Å²) in [6.07, 6.45) is 7.49. The zero-order valence-electron chi connectivity index (χ0n) is 15.6. The van der Waals surface area contributed by atoms with Crippen molar-refractivity contribution in [2.75, 3.05) is 6.61 Å². The molecule has 0 bridgehead atoms. The molecule has 2 saturated carbocycles. The van der Waals surface area contributed by atoms with Crippen LogP contribution in [0.4, 0.5) is 0 Å². The van der Waals surface area contributed by atoms with Gasteiger partial charge in [0.2, 0.25) is 0 Å². The molecule has 0 aliphatic heterocycles. The Labute approximate surface area is 151 Å². The van der Waals surface area contributed by atoms with Crippen molar-refractivity contribution in [3.05, 3.63) is 29.3 Å². The van der Waals surface area contributed by atoms with Crippen molar-refractivity contribution in [1.82, 2.24) is 0 Å². The summed E-state index contributed by atoms with van der Waals surface area (Å²) in [5.74, 6) is 1.99. The summed E-state index contributed by atoms with van der Waals surface area (Å²) in [4.78, 5) is 0. The maximum Gasteiger partial charge on any atom is 0.115 e. The average molecular weight is 344 g/mol. The first-order valence-corrected chi connectivity index (χ1v) is 10.2. The molecule has 0 unspecified atom stereocenters. The van der Waals surface area contributed by atoms with Crippen LogP contribution >= 0.6 is 0 Å². The maximum atomic E-state index is 10.7.